The first kappa shape index (κ1) is 15.7. The van der Waals surface area contributed by atoms with E-state index < -0.39 is 30.8 Å². The summed E-state index contributed by atoms with van der Waals surface area (Å²) in [7, 11) is 1.10. The Morgan fingerprint density at radius 1 is 1.43 bits per heavy atom. The fraction of sp³-hybridized carbons (Fsp3) is 0.500. The summed E-state index contributed by atoms with van der Waals surface area (Å²) in [6, 6.07) is 8.90. The molecule has 1 amide bonds. The summed E-state index contributed by atoms with van der Waals surface area (Å²) in [6.07, 6.45) is -3.95. The maximum absolute atomic E-state index is 13.8. The average molecular weight is 301 g/mol. The Labute approximate surface area is 121 Å². The molecule has 5 nitrogen and oxygen atoms in total. The molecule has 2 atom stereocenters. The molecule has 1 fully saturated rings. The van der Waals surface area contributed by atoms with Crippen LogP contribution in [0.3, 0.4) is 0 Å². The van der Waals surface area contributed by atoms with E-state index in [9.17, 15) is 18.7 Å². The number of piperidine rings is 1. The molecule has 0 aromatic heterocycles. The van der Waals surface area contributed by atoms with E-state index in [0.29, 0.717) is 0 Å². The van der Waals surface area contributed by atoms with E-state index in [4.69, 9.17) is 4.74 Å². The first-order valence-electron chi connectivity index (χ1n) is 6.48. The maximum Gasteiger partial charge on any atom is 0.410 e. The number of nitrogens with zero attached hydrogens (tertiary/aromatic N) is 1. The summed E-state index contributed by atoms with van der Waals surface area (Å²) in [5.74, 6) is -3.32. The van der Waals surface area contributed by atoms with Gasteiger partial charge in [0.1, 0.15) is 18.8 Å². The molecular weight excluding hydrogens is 284 g/mol. The Hall–Kier alpha value is -1.73. The summed E-state index contributed by atoms with van der Waals surface area (Å²) in [5.41, 5.74) is 0.755. The van der Waals surface area contributed by atoms with Crippen LogP contribution in [0.15, 0.2) is 30.3 Å². The standard InChI is InChI=1S/C14H17F2NO4/c1-20-12-11(18)7-17(9-14(12,15)16)13(19)21-8-10-5-3-2-4-6-10/h2-6,11-12,18H,7-9H2,1H3. The first-order chi connectivity index (χ1) is 9.94. The number of carbonyl (C=O) groups is 1. The molecule has 1 aromatic rings. The molecule has 7 heteroatoms. The second-order valence-electron chi connectivity index (χ2n) is 4.91. The van der Waals surface area contributed by atoms with Crippen molar-refractivity contribution in [3.05, 3.63) is 35.9 Å². The molecule has 0 aliphatic carbocycles. The van der Waals surface area contributed by atoms with Gasteiger partial charge < -0.3 is 14.6 Å². The van der Waals surface area contributed by atoms with E-state index in [1.54, 1.807) is 24.3 Å². The van der Waals surface area contributed by atoms with E-state index in [-0.39, 0.29) is 13.2 Å². The third kappa shape index (κ3) is 3.68. The van der Waals surface area contributed by atoms with Crippen molar-refractivity contribution in [3.63, 3.8) is 0 Å². The zero-order chi connectivity index (χ0) is 15.5. The van der Waals surface area contributed by atoms with Crippen LogP contribution in [0.1, 0.15) is 5.56 Å². The third-order valence-electron chi connectivity index (χ3n) is 3.29. The van der Waals surface area contributed by atoms with E-state index in [0.717, 1.165) is 17.6 Å². The summed E-state index contributed by atoms with van der Waals surface area (Å²) < 4.78 is 37.1. The molecular formula is C14H17F2NO4. The number of hydrogen-bond acceptors (Lipinski definition) is 4. The van der Waals surface area contributed by atoms with Gasteiger partial charge in [0, 0.05) is 7.11 Å². The lowest BCUT2D eigenvalue weighted by Gasteiger charge is -2.39. The number of methoxy groups -OCH3 is 1. The fourth-order valence-corrected chi connectivity index (χ4v) is 2.29. The number of ether oxygens (including phenoxy) is 2. The van der Waals surface area contributed by atoms with Crippen molar-refractivity contribution in [2.24, 2.45) is 0 Å². The molecule has 0 spiro atoms. The summed E-state index contributed by atoms with van der Waals surface area (Å²) >= 11 is 0. The van der Waals surface area contributed by atoms with E-state index >= 15 is 0 Å². The normalized spacial score (nSPS) is 24.7. The molecule has 1 saturated heterocycles. The molecule has 116 valence electrons. The Morgan fingerprint density at radius 2 is 2.10 bits per heavy atom. The first-order valence-corrected chi connectivity index (χ1v) is 6.48. The second kappa shape index (κ2) is 6.36. The van der Waals surface area contributed by atoms with E-state index in [2.05, 4.69) is 4.74 Å². The van der Waals surface area contributed by atoms with Crippen LogP contribution in [0.25, 0.3) is 0 Å². The summed E-state index contributed by atoms with van der Waals surface area (Å²) in [5, 5.41) is 9.65. The lowest BCUT2D eigenvalue weighted by Crippen LogP contribution is -2.61. The zero-order valence-corrected chi connectivity index (χ0v) is 11.5. The lowest BCUT2D eigenvalue weighted by molar-refractivity contribution is -0.199. The van der Waals surface area contributed by atoms with Gasteiger partial charge >= 0.3 is 6.09 Å². The zero-order valence-electron chi connectivity index (χ0n) is 11.5. The third-order valence-corrected chi connectivity index (χ3v) is 3.29. The molecule has 0 radical (unpaired) electrons. The second-order valence-corrected chi connectivity index (χ2v) is 4.91. The quantitative estimate of drug-likeness (QED) is 0.922. The van der Waals surface area contributed by atoms with Crippen molar-refractivity contribution in [3.8, 4) is 0 Å². The average Bonchev–Trinajstić information content (AvgIpc) is 2.44. The number of hydrogen-bond donors (Lipinski definition) is 1. The highest BCUT2D eigenvalue weighted by atomic mass is 19.3. The number of alkyl halides is 2. The van der Waals surface area contributed by atoms with Gasteiger partial charge in [0.25, 0.3) is 5.92 Å². The number of β-amino-alcohol motifs (C(OH)–C–C–N with tert-alkyl or cyclic N) is 1. The van der Waals surface area contributed by atoms with Crippen LogP contribution in [0, 0.1) is 0 Å². The fourth-order valence-electron chi connectivity index (χ4n) is 2.29. The van der Waals surface area contributed by atoms with E-state index in [1.165, 1.54) is 0 Å². The maximum atomic E-state index is 13.8. The van der Waals surface area contributed by atoms with Gasteiger partial charge in [-0.15, -0.1) is 0 Å². The van der Waals surface area contributed by atoms with Gasteiger partial charge in [-0.05, 0) is 5.56 Å². The number of aliphatic hydroxyl groups is 1. The van der Waals surface area contributed by atoms with Gasteiger partial charge in [0.05, 0.1) is 13.1 Å². The summed E-state index contributed by atoms with van der Waals surface area (Å²) in [6.45, 7) is -1.09. The Morgan fingerprint density at radius 3 is 2.67 bits per heavy atom. The highest BCUT2D eigenvalue weighted by Crippen LogP contribution is 2.30. The molecule has 2 rings (SSSR count). The topological polar surface area (TPSA) is 59.0 Å². The smallest absolute Gasteiger partial charge is 0.410 e. The summed E-state index contributed by atoms with van der Waals surface area (Å²) in [4.78, 5) is 12.6. The minimum atomic E-state index is -3.32. The Bertz CT molecular complexity index is 483. The van der Waals surface area contributed by atoms with Crippen LogP contribution >= 0.6 is 0 Å². The van der Waals surface area contributed by atoms with Gasteiger partial charge in [-0.25, -0.2) is 13.6 Å². The minimum absolute atomic E-state index is 0.00839. The van der Waals surface area contributed by atoms with Crippen molar-refractivity contribution in [2.75, 3.05) is 20.2 Å². The largest absolute Gasteiger partial charge is 0.445 e. The van der Waals surface area contributed by atoms with Gasteiger partial charge in [0.2, 0.25) is 0 Å². The van der Waals surface area contributed by atoms with Crippen molar-refractivity contribution in [1.29, 1.82) is 0 Å². The predicted octanol–water partition coefficient (Wildman–Crippen LogP) is 1.65. The number of aliphatic hydroxyl groups excluding tert-OH is 1. The van der Waals surface area contributed by atoms with Crippen molar-refractivity contribution in [1.82, 2.24) is 4.90 Å². The molecule has 2 unspecified atom stereocenters. The van der Waals surface area contributed by atoms with Crippen LogP contribution in [0.5, 0.6) is 0 Å². The molecule has 0 saturated carbocycles. The van der Waals surface area contributed by atoms with Crippen LogP contribution in [0.4, 0.5) is 13.6 Å². The highest BCUT2D eigenvalue weighted by molar-refractivity contribution is 5.68. The number of likely N-dealkylation sites (tertiary alicyclic amines) is 1. The Balaban J connectivity index is 1.94. The predicted molar refractivity (Wildman–Crippen MR) is 70.0 cm³/mol. The van der Waals surface area contributed by atoms with Crippen molar-refractivity contribution >= 4 is 6.09 Å². The van der Waals surface area contributed by atoms with Crippen molar-refractivity contribution < 1.29 is 28.2 Å². The highest BCUT2D eigenvalue weighted by Gasteiger charge is 2.51. The minimum Gasteiger partial charge on any atom is -0.445 e. The van der Waals surface area contributed by atoms with Crippen LogP contribution in [-0.4, -0.2) is 54.4 Å². The number of halogens is 2. The van der Waals surface area contributed by atoms with Gasteiger partial charge in [0.15, 0.2) is 0 Å². The molecule has 1 aromatic carbocycles. The van der Waals surface area contributed by atoms with Gasteiger partial charge in [-0.1, -0.05) is 30.3 Å². The molecule has 0 bridgehead atoms. The molecule has 1 aliphatic rings. The number of amides is 1. The number of carbonyl (C=O) groups excluding carboxylic acids is 1. The number of benzene rings is 1. The molecule has 1 heterocycles. The molecule has 1 aliphatic heterocycles. The van der Waals surface area contributed by atoms with Crippen molar-refractivity contribution in [2.45, 2.75) is 24.7 Å². The van der Waals surface area contributed by atoms with E-state index in [1.807, 2.05) is 6.07 Å². The molecule has 1 N–H and O–H groups in total. The van der Waals surface area contributed by atoms with Gasteiger partial charge in [-0.3, -0.25) is 4.90 Å². The van der Waals surface area contributed by atoms with Crippen LogP contribution in [-0.2, 0) is 16.1 Å². The van der Waals surface area contributed by atoms with Gasteiger partial charge in [-0.2, -0.15) is 0 Å². The van der Waals surface area contributed by atoms with Crippen LogP contribution < -0.4 is 0 Å². The SMILES string of the molecule is COC1C(O)CN(C(=O)OCc2ccccc2)CC1(F)F. The Kier molecular flexibility index (Phi) is 4.74. The lowest BCUT2D eigenvalue weighted by atomic mass is 10.0. The van der Waals surface area contributed by atoms with Crippen LogP contribution in [0.2, 0.25) is 0 Å². The monoisotopic (exact) mass is 301 g/mol. The molecule has 21 heavy (non-hydrogen) atoms. The number of rotatable bonds is 3.